The smallest absolute Gasteiger partial charge is 0.340 e. The maximum atomic E-state index is 12.8. The summed E-state index contributed by atoms with van der Waals surface area (Å²) >= 11 is 0. The molecule has 0 bridgehead atoms. The van der Waals surface area contributed by atoms with Gasteiger partial charge in [-0.3, -0.25) is 9.59 Å². The number of piperidine rings is 1. The quantitative estimate of drug-likeness (QED) is 0.527. The fourth-order valence-corrected chi connectivity index (χ4v) is 3.63. The molecule has 1 fully saturated rings. The van der Waals surface area contributed by atoms with Gasteiger partial charge in [0, 0.05) is 31.9 Å². The highest BCUT2D eigenvalue weighted by atomic mass is 16.6. The molecule has 3 rings (SSSR count). The number of nitrogens with one attached hydrogen (secondary N) is 2. The minimum absolute atomic E-state index is 0.0500. The maximum Gasteiger partial charge on any atom is 0.340 e. The van der Waals surface area contributed by atoms with E-state index in [-0.39, 0.29) is 24.5 Å². The number of ether oxygens (including phenoxy) is 2. The zero-order chi connectivity index (χ0) is 21.7. The Morgan fingerprint density at radius 3 is 2.60 bits per heavy atom. The number of rotatable bonds is 7. The van der Waals surface area contributed by atoms with Gasteiger partial charge in [0.2, 0.25) is 0 Å². The molecule has 0 spiro atoms. The molecular weight excluding hydrogens is 390 g/mol. The Morgan fingerprint density at radius 1 is 1.23 bits per heavy atom. The van der Waals surface area contributed by atoms with Crippen LogP contribution in [0.4, 0.5) is 0 Å². The van der Waals surface area contributed by atoms with Gasteiger partial charge in [-0.25, -0.2) is 4.79 Å². The van der Waals surface area contributed by atoms with E-state index in [1.54, 1.807) is 24.8 Å². The van der Waals surface area contributed by atoms with Crippen molar-refractivity contribution >= 4 is 17.8 Å². The Balaban J connectivity index is 1.57. The highest BCUT2D eigenvalue weighted by Crippen LogP contribution is 2.20. The topological polar surface area (TPSA) is 114 Å². The summed E-state index contributed by atoms with van der Waals surface area (Å²) in [5.74, 6) is -0.824. The predicted molar refractivity (Wildman–Crippen MR) is 108 cm³/mol. The minimum atomic E-state index is -0.483. The lowest BCUT2D eigenvalue weighted by atomic mass is 10.0. The molecule has 2 N–H and O–H groups in total. The second-order valence-electron chi connectivity index (χ2n) is 7.31. The van der Waals surface area contributed by atoms with E-state index in [1.165, 1.54) is 19.6 Å². The molecule has 2 aromatic rings. The number of carbonyl (C=O) groups is 3. The number of carbonyl (C=O) groups excluding carboxylic acids is 3. The molecule has 0 atom stereocenters. The molecule has 1 aliphatic rings. The van der Waals surface area contributed by atoms with E-state index in [1.807, 2.05) is 0 Å². The van der Waals surface area contributed by atoms with Crippen LogP contribution in [-0.4, -0.2) is 67.1 Å². The summed E-state index contributed by atoms with van der Waals surface area (Å²) in [5, 5.41) is 3.00. The number of hydrogen-bond acceptors (Lipinski definition) is 6. The first-order valence-electron chi connectivity index (χ1n) is 9.90. The third-order valence-corrected chi connectivity index (χ3v) is 5.27. The molecule has 0 aromatic carbocycles. The number of esters is 1. The van der Waals surface area contributed by atoms with Crippen molar-refractivity contribution in [3.05, 3.63) is 46.7 Å². The van der Waals surface area contributed by atoms with Gasteiger partial charge in [0.25, 0.3) is 11.8 Å². The first-order chi connectivity index (χ1) is 14.4. The third-order valence-electron chi connectivity index (χ3n) is 5.27. The van der Waals surface area contributed by atoms with E-state index >= 15 is 0 Å². The lowest BCUT2D eigenvalue weighted by Crippen LogP contribution is -2.46. The Hall–Kier alpha value is -3.07. The second kappa shape index (κ2) is 9.62. The molecule has 0 aliphatic carbocycles. The first kappa shape index (κ1) is 21.6. The summed E-state index contributed by atoms with van der Waals surface area (Å²) in [4.78, 5) is 42.2. The predicted octanol–water partition coefficient (Wildman–Crippen LogP) is 2.06. The lowest BCUT2D eigenvalue weighted by Gasteiger charge is -2.32. The molecule has 1 aliphatic heterocycles. The normalized spacial score (nSPS) is 14.6. The monoisotopic (exact) mass is 417 g/mol. The highest BCUT2D eigenvalue weighted by Gasteiger charge is 2.28. The minimum Gasteiger partial charge on any atom is -0.472 e. The average molecular weight is 417 g/mol. The van der Waals surface area contributed by atoms with Crippen molar-refractivity contribution in [2.75, 3.05) is 33.4 Å². The Kier molecular flexibility index (Phi) is 6.94. The third kappa shape index (κ3) is 4.73. The molecule has 162 valence electrons. The van der Waals surface area contributed by atoms with E-state index in [4.69, 9.17) is 13.9 Å². The molecule has 3 heterocycles. The van der Waals surface area contributed by atoms with Crippen molar-refractivity contribution < 1.29 is 28.3 Å². The van der Waals surface area contributed by atoms with Gasteiger partial charge in [0.1, 0.15) is 18.6 Å². The Morgan fingerprint density at radius 2 is 1.97 bits per heavy atom. The zero-order valence-corrected chi connectivity index (χ0v) is 17.4. The fourth-order valence-electron chi connectivity index (χ4n) is 3.63. The Labute approximate surface area is 174 Å². The summed E-state index contributed by atoms with van der Waals surface area (Å²) in [6.45, 7) is 5.01. The first-order valence-corrected chi connectivity index (χ1v) is 9.90. The van der Waals surface area contributed by atoms with Gasteiger partial charge >= 0.3 is 5.97 Å². The number of aromatic nitrogens is 1. The van der Waals surface area contributed by atoms with Crippen LogP contribution in [0.1, 0.15) is 55.3 Å². The van der Waals surface area contributed by atoms with Crippen LogP contribution in [0.3, 0.4) is 0 Å². The number of aromatic amines is 1. The molecule has 2 amide bonds. The van der Waals surface area contributed by atoms with E-state index in [9.17, 15) is 14.4 Å². The van der Waals surface area contributed by atoms with Crippen LogP contribution < -0.4 is 5.32 Å². The van der Waals surface area contributed by atoms with Crippen LogP contribution in [0.2, 0.25) is 0 Å². The summed E-state index contributed by atoms with van der Waals surface area (Å²) in [7, 11) is 1.53. The number of hydrogen-bond donors (Lipinski definition) is 2. The summed E-state index contributed by atoms with van der Waals surface area (Å²) < 4.78 is 15.0. The van der Waals surface area contributed by atoms with Gasteiger partial charge in [-0.1, -0.05) is 0 Å². The van der Waals surface area contributed by atoms with E-state index in [0.29, 0.717) is 60.6 Å². The molecule has 1 saturated heterocycles. The number of likely N-dealkylation sites (tertiary alicyclic amines) is 1. The van der Waals surface area contributed by atoms with Gasteiger partial charge in [-0.2, -0.15) is 0 Å². The van der Waals surface area contributed by atoms with Crippen LogP contribution in [0, 0.1) is 13.8 Å². The van der Waals surface area contributed by atoms with Crippen LogP contribution >= 0.6 is 0 Å². The van der Waals surface area contributed by atoms with Gasteiger partial charge in [-0.15, -0.1) is 0 Å². The van der Waals surface area contributed by atoms with Crippen molar-refractivity contribution in [2.45, 2.75) is 32.7 Å². The maximum absolute atomic E-state index is 12.8. The molecule has 2 aromatic heterocycles. The molecule has 9 nitrogen and oxygen atoms in total. The van der Waals surface area contributed by atoms with E-state index in [2.05, 4.69) is 10.3 Å². The van der Waals surface area contributed by atoms with Crippen molar-refractivity contribution in [1.82, 2.24) is 15.2 Å². The van der Waals surface area contributed by atoms with Crippen LogP contribution in [0.25, 0.3) is 0 Å². The van der Waals surface area contributed by atoms with Gasteiger partial charge in [0.15, 0.2) is 0 Å². The van der Waals surface area contributed by atoms with E-state index in [0.717, 1.165) is 0 Å². The fraction of sp³-hybridized carbons (Fsp3) is 0.476. The number of furan rings is 1. The summed E-state index contributed by atoms with van der Waals surface area (Å²) in [6, 6.07) is 1.59. The average Bonchev–Trinajstić information content (AvgIpc) is 3.36. The molecule has 30 heavy (non-hydrogen) atoms. The Bertz CT molecular complexity index is 894. The van der Waals surface area contributed by atoms with Crippen LogP contribution in [0.15, 0.2) is 23.0 Å². The van der Waals surface area contributed by atoms with Crippen molar-refractivity contribution in [3.63, 3.8) is 0 Å². The number of H-pyrrole nitrogens is 1. The van der Waals surface area contributed by atoms with Gasteiger partial charge in [0.05, 0.1) is 24.0 Å². The highest BCUT2D eigenvalue weighted by molar-refractivity contribution is 6.00. The van der Waals surface area contributed by atoms with Crippen molar-refractivity contribution in [1.29, 1.82) is 0 Å². The number of methoxy groups -OCH3 is 1. The van der Waals surface area contributed by atoms with Crippen LogP contribution in [-0.2, 0) is 9.47 Å². The largest absolute Gasteiger partial charge is 0.472 e. The molecule has 0 unspecified atom stereocenters. The second-order valence-corrected chi connectivity index (χ2v) is 7.31. The molecular formula is C21H27N3O6. The van der Waals surface area contributed by atoms with Crippen molar-refractivity contribution in [3.8, 4) is 0 Å². The number of aryl methyl sites for hydroxylation is 1. The van der Waals surface area contributed by atoms with Crippen molar-refractivity contribution in [2.24, 2.45) is 0 Å². The zero-order valence-electron chi connectivity index (χ0n) is 17.4. The number of nitrogens with zero attached hydrogens (tertiary/aromatic N) is 1. The standard InChI is InChI=1S/C21H27N3O6/c1-13-17(21(27)30-11-10-28-3)14(2)22-18(13)19(25)23-16-4-7-24(8-5-16)20(26)15-6-9-29-12-15/h6,9,12,16,22H,4-5,7-8,10-11H2,1-3H3,(H,23,25). The SMILES string of the molecule is COCCOC(=O)c1c(C)[nH]c(C(=O)NC2CCN(C(=O)c3ccoc3)CC2)c1C. The van der Waals surface area contributed by atoms with E-state index < -0.39 is 5.97 Å². The molecule has 0 radical (unpaired) electrons. The summed E-state index contributed by atoms with van der Waals surface area (Å²) in [6.07, 6.45) is 4.22. The van der Waals surface area contributed by atoms with Crippen LogP contribution in [0.5, 0.6) is 0 Å². The number of amides is 2. The molecule has 9 heteroatoms. The lowest BCUT2D eigenvalue weighted by molar-refractivity contribution is 0.0386. The van der Waals surface area contributed by atoms with Gasteiger partial charge in [-0.05, 0) is 38.3 Å². The molecule has 0 saturated carbocycles. The van der Waals surface area contributed by atoms with Gasteiger partial charge < -0.3 is 29.1 Å². The summed E-state index contributed by atoms with van der Waals surface area (Å²) in [5.41, 5.74) is 2.39.